The maximum Gasteiger partial charge on any atom is 0.315 e. The molecule has 1 aliphatic heterocycles. The van der Waals surface area contributed by atoms with E-state index in [0.717, 1.165) is 38.9 Å². The van der Waals surface area contributed by atoms with Crippen molar-refractivity contribution in [3.63, 3.8) is 0 Å². The van der Waals surface area contributed by atoms with Crippen LogP contribution in [-0.2, 0) is 11.3 Å². The van der Waals surface area contributed by atoms with Crippen LogP contribution in [0.5, 0.6) is 0 Å². The standard InChI is InChI=1S/C18H29N3O2/c1-15-5-3-6-16(13-15)14-21-10-7-17(8-11-21)20-18(22)19-9-4-12-23-2/h3,5-6,13,17H,4,7-12,14H2,1-2H3,(H2,19,20,22). The number of urea groups is 1. The average Bonchev–Trinajstić information content (AvgIpc) is 2.54. The first-order chi connectivity index (χ1) is 11.2. The van der Waals surface area contributed by atoms with Crippen LogP contribution in [0.4, 0.5) is 4.79 Å². The molecule has 1 aromatic rings. The molecule has 0 unspecified atom stereocenters. The van der Waals surface area contributed by atoms with Crippen LogP contribution in [0.25, 0.3) is 0 Å². The fraction of sp³-hybridized carbons (Fsp3) is 0.611. The fourth-order valence-corrected chi connectivity index (χ4v) is 2.96. The van der Waals surface area contributed by atoms with Crippen molar-refractivity contribution >= 4 is 6.03 Å². The monoisotopic (exact) mass is 319 g/mol. The third-order valence-electron chi connectivity index (χ3n) is 4.22. The van der Waals surface area contributed by atoms with Gasteiger partial charge in [0.1, 0.15) is 0 Å². The number of piperidine rings is 1. The van der Waals surface area contributed by atoms with Gasteiger partial charge in [-0.2, -0.15) is 0 Å². The molecule has 128 valence electrons. The number of nitrogens with zero attached hydrogens (tertiary/aromatic N) is 1. The molecule has 23 heavy (non-hydrogen) atoms. The first-order valence-electron chi connectivity index (χ1n) is 8.48. The molecule has 2 rings (SSSR count). The molecule has 2 amide bonds. The Morgan fingerprint density at radius 1 is 1.35 bits per heavy atom. The van der Waals surface area contributed by atoms with E-state index in [1.54, 1.807) is 7.11 Å². The summed E-state index contributed by atoms with van der Waals surface area (Å²) in [6, 6.07) is 8.91. The van der Waals surface area contributed by atoms with Gasteiger partial charge in [-0.25, -0.2) is 4.79 Å². The molecule has 0 aromatic heterocycles. The van der Waals surface area contributed by atoms with E-state index >= 15 is 0 Å². The predicted octanol–water partition coefficient (Wildman–Crippen LogP) is 2.30. The normalized spacial score (nSPS) is 16.3. The Bertz CT molecular complexity index is 485. The fourth-order valence-electron chi connectivity index (χ4n) is 2.96. The number of carbonyl (C=O) groups excluding carboxylic acids is 1. The zero-order valence-electron chi connectivity index (χ0n) is 14.3. The van der Waals surface area contributed by atoms with Crippen LogP contribution in [0.15, 0.2) is 24.3 Å². The van der Waals surface area contributed by atoms with Gasteiger partial charge in [0.25, 0.3) is 0 Å². The van der Waals surface area contributed by atoms with Gasteiger partial charge in [0, 0.05) is 45.9 Å². The van der Waals surface area contributed by atoms with E-state index in [1.165, 1.54) is 11.1 Å². The highest BCUT2D eigenvalue weighted by Crippen LogP contribution is 2.14. The van der Waals surface area contributed by atoms with E-state index < -0.39 is 0 Å². The molecular formula is C18H29N3O2. The maximum absolute atomic E-state index is 11.8. The van der Waals surface area contributed by atoms with E-state index in [1.807, 2.05) is 0 Å². The second-order valence-corrected chi connectivity index (χ2v) is 6.29. The highest BCUT2D eigenvalue weighted by Gasteiger charge is 2.20. The molecule has 0 bridgehead atoms. The average molecular weight is 319 g/mol. The highest BCUT2D eigenvalue weighted by atomic mass is 16.5. The molecule has 0 aliphatic carbocycles. The molecule has 1 heterocycles. The number of hydrogen-bond donors (Lipinski definition) is 2. The zero-order valence-corrected chi connectivity index (χ0v) is 14.3. The second kappa shape index (κ2) is 9.53. The Labute approximate surface area is 139 Å². The van der Waals surface area contributed by atoms with Gasteiger partial charge in [-0.05, 0) is 31.7 Å². The maximum atomic E-state index is 11.8. The summed E-state index contributed by atoms with van der Waals surface area (Å²) in [5.41, 5.74) is 2.68. The number of aryl methyl sites for hydroxylation is 1. The van der Waals surface area contributed by atoms with Gasteiger partial charge in [0.2, 0.25) is 0 Å². The second-order valence-electron chi connectivity index (χ2n) is 6.29. The zero-order chi connectivity index (χ0) is 16.5. The van der Waals surface area contributed by atoms with Crippen LogP contribution in [0, 0.1) is 6.92 Å². The van der Waals surface area contributed by atoms with Gasteiger partial charge in [-0.1, -0.05) is 29.8 Å². The van der Waals surface area contributed by atoms with Crippen molar-refractivity contribution in [2.75, 3.05) is 33.4 Å². The van der Waals surface area contributed by atoms with E-state index in [4.69, 9.17) is 4.74 Å². The van der Waals surface area contributed by atoms with Gasteiger partial charge in [-0.15, -0.1) is 0 Å². The molecule has 1 aliphatic rings. The summed E-state index contributed by atoms with van der Waals surface area (Å²) in [4.78, 5) is 14.3. The Morgan fingerprint density at radius 3 is 2.83 bits per heavy atom. The molecule has 1 saturated heterocycles. The number of methoxy groups -OCH3 is 1. The number of likely N-dealkylation sites (tertiary alicyclic amines) is 1. The molecule has 0 spiro atoms. The number of hydrogen-bond acceptors (Lipinski definition) is 3. The van der Waals surface area contributed by atoms with Crippen LogP contribution < -0.4 is 10.6 Å². The number of nitrogens with one attached hydrogen (secondary N) is 2. The van der Waals surface area contributed by atoms with E-state index in [2.05, 4.69) is 46.7 Å². The van der Waals surface area contributed by atoms with Crippen LogP contribution in [0.3, 0.4) is 0 Å². The van der Waals surface area contributed by atoms with Crippen molar-refractivity contribution < 1.29 is 9.53 Å². The summed E-state index contributed by atoms with van der Waals surface area (Å²) in [5.74, 6) is 0. The molecular weight excluding hydrogens is 290 g/mol. The van der Waals surface area contributed by atoms with Gasteiger partial charge >= 0.3 is 6.03 Å². The van der Waals surface area contributed by atoms with Gasteiger partial charge in [0.15, 0.2) is 0 Å². The summed E-state index contributed by atoms with van der Waals surface area (Å²) in [5, 5.41) is 5.95. The summed E-state index contributed by atoms with van der Waals surface area (Å²) >= 11 is 0. The quantitative estimate of drug-likeness (QED) is 0.758. The van der Waals surface area contributed by atoms with Crippen molar-refractivity contribution in [2.24, 2.45) is 0 Å². The molecule has 1 aromatic carbocycles. The topological polar surface area (TPSA) is 53.6 Å². The van der Waals surface area contributed by atoms with Gasteiger partial charge < -0.3 is 15.4 Å². The molecule has 0 atom stereocenters. The minimum absolute atomic E-state index is 0.0572. The Hall–Kier alpha value is -1.59. The number of carbonyl (C=O) groups is 1. The summed E-state index contributed by atoms with van der Waals surface area (Å²) in [6.45, 7) is 6.52. The van der Waals surface area contributed by atoms with Crippen LogP contribution >= 0.6 is 0 Å². The van der Waals surface area contributed by atoms with Crippen LogP contribution in [-0.4, -0.2) is 50.3 Å². The van der Waals surface area contributed by atoms with Crippen molar-refractivity contribution in [1.82, 2.24) is 15.5 Å². The lowest BCUT2D eigenvalue weighted by Gasteiger charge is -2.32. The third kappa shape index (κ3) is 6.59. The molecule has 5 heteroatoms. The Morgan fingerprint density at radius 2 is 2.13 bits per heavy atom. The first-order valence-corrected chi connectivity index (χ1v) is 8.48. The lowest BCUT2D eigenvalue weighted by Crippen LogP contribution is -2.47. The lowest BCUT2D eigenvalue weighted by molar-refractivity contribution is 0.183. The van der Waals surface area contributed by atoms with E-state index in [-0.39, 0.29) is 12.1 Å². The smallest absolute Gasteiger partial charge is 0.315 e. The number of rotatable bonds is 7. The number of amides is 2. The van der Waals surface area contributed by atoms with E-state index in [0.29, 0.717) is 13.2 Å². The molecule has 1 fully saturated rings. The van der Waals surface area contributed by atoms with Crippen molar-refractivity contribution in [2.45, 2.75) is 38.8 Å². The molecule has 5 nitrogen and oxygen atoms in total. The lowest BCUT2D eigenvalue weighted by atomic mass is 10.0. The summed E-state index contributed by atoms with van der Waals surface area (Å²) < 4.78 is 4.96. The first kappa shape index (κ1) is 17.8. The Kier molecular flexibility index (Phi) is 7.36. The number of ether oxygens (including phenoxy) is 1. The molecule has 2 N–H and O–H groups in total. The van der Waals surface area contributed by atoms with Crippen molar-refractivity contribution in [3.05, 3.63) is 35.4 Å². The molecule has 0 radical (unpaired) electrons. The SMILES string of the molecule is COCCCNC(=O)NC1CCN(Cc2cccc(C)c2)CC1. The van der Waals surface area contributed by atoms with Crippen LogP contribution in [0.2, 0.25) is 0 Å². The van der Waals surface area contributed by atoms with Crippen LogP contribution in [0.1, 0.15) is 30.4 Å². The largest absolute Gasteiger partial charge is 0.385 e. The number of benzene rings is 1. The minimum atomic E-state index is -0.0572. The highest BCUT2D eigenvalue weighted by molar-refractivity contribution is 5.74. The van der Waals surface area contributed by atoms with Gasteiger partial charge in [-0.3, -0.25) is 4.90 Å². The predicted molar refractivity (Wildman–Crippen MR) is 92.5 cm³/mol. The Balaban J connectivity index is 1.64. The molecule has 0 saturated carbocycles. The third-order valence-corrected chi connectivity index (χ3v) is 4.22. The van der Waals surface area contributed by atoms with Crippen molar-refractivity contribution in [3.8, 4) is 0 Å². The summed E-state index contributed by atoms with van der Waals surface area (Å²) in [7, 11) is 1.67. The summed E-state index contributed by atoms with van der Waals surface area (Å²) in [6.07, 6.45) is 2.87. The minimum Gasteiger partial charge on any atom is -0.385 e. The van der Waals surface area contributed by atoms with Gasteiger partial charge in [0.05, 0.1) is 0 Å². The van der Waals surface area contributed by atoms with E-state index in [9.17, 15) is 4.79 Å². The van der Waals surface area contributed by atoms with Crippen molar-refractivity contribution in [1.29, 1.82) is 0 Å².